The molecule has 1 amide bonds. The van der Waals surface area contributed by atoms with Gasteiger partial charge in [0.25, 0.3) is 0 Å². The van der Waals surface area contributed by atoms with Crippen molar-refractivity contribution in [1.82, 2.24) is 0 Å². The van der Waals surface area contributed by atoms with Crippen LogP contribution in [-0.2, 0) is 4.79 Å². The van der Waals surface area contributed by atoms with Crippen molar-refractivity contribution in [3.8, 4) is 0 Å². The Morgan fingerprint density at radius 2 is 2.07 bits per heavy atom. The van der Waals surface area contributed by atoms with Crippen LogP contribution < -0.4 is 5.73 Å². The average Bonchev–Trinajstić information content (AvgIpc) is 2.26. The molecule has 0 aliphatic carbocycles. The molecule has 1 aromatic carbocycles. The fourth-order valence-corrected chi connectivity index (χ4v) is 2.04. The minimum Gasteiger partial charge on any atom is -0.369 e. The van der Waals surface area contributed by atoms with Gasteiger partial charge in [-0.15, -0.1) is 11.8 Å². The van der Waals surface area contributed by atoms with Crippen LogP contribution in [0.5, 0.6) is 0 Å². The van der Waals surface area contributed by atoms with Crippen LogP contribution in [0.1, 0.15) is 23.7 Å². The molecule has 0 heterocycles. The molecular formula is C11H13NO2S. The standard InChI is InChI=1S/C11H13NO2S/c1-2-10(11(12)14)15-9-5-3-8(7-13)4-6-9/h3-7,10H,2H2,1H3,(H2,12,14). The Bertz CT molecular complexity index is 348. The topological polar surface area (TPSA) is 60.2 Å². The molecule has 4 heteroatoms. The number of aldehydes is 1. The van der Waals surface area contributed by atoms with E-state index < -0.39 is 0 Å². The van der Waals surface area contributed by atoms with E-state index in [1.54, 1.807) is 12.1 Å². The summed E-state index contributed by atoms with van der Waals surface area (Å²) in [6.45, 7) is 1.92. The van der Waals surface area contributed by atoms with Crippen LogP contribution in [0.2, 0.25) is 0 Å². The van der Waals surface area contributed by atoms with Crippen molar-refractivity contribution in [1.29, 1.82) is 0 Å². The van der Waals surface area contributed by atoms with E-state index >= 15 is 0 Å². The van der Waals surface area contributed by atoms with Crippen molar-refractivity contribution in [3.05, 3.63) is 29.8 Å². The van der Waals surface area contributed by atoms with Crippen LogP contribution in [0, 0.1) is 0 Å². The normalized spacial score (nSPS) is 12.1. The summed E-state index contributed by atoms with van der Waals surface area (Å²) < 4.78 is 0. The first kappa shape index (κ1) is 11.8. The summed E-state index contributed by atoms with van der Waals surface area (Å²) >= 11 is 1.43. The van der Waals surface area contributed by atoms with Crippen LogP contribution in [0.15, 0.2) is 29.2 Å². The maximum atomic E-state index is 11.0. The summed E-state index contributed by atoms with van der Waals surface area (Å²) in [7, 11) is 0. The molecule has 3 nitrogen and oxygen atoms in total. The van der Waals surface area contributed by atoms with Crippen molar-refractivity contribution in [2.75, 3.05) is 0 Å². The lowest BCUT2D eigenvalue weighted by Crippen LogP contribution is -2.24. The largest absolute Gasteiger partial charge is 0.369 e. The molecule has 0 aliphatic rings. The second-order valence-electron chi connectivity index (χ2n) is 3.10. The fourth-order valence-electron chi connectivity index (χ4n) is 1.13. The lowest BCUT2D eigenvalue weighted by Gasteiger charge is -2.09. The molecule has 0 fully saturated rings. The van der Waals surface area contributed by atoms with Gasteiger partial charge >= 0.3 is 0 Å². The zero-order chi connectivity index (χ0) is 11.3. The molecule has 0 aromatic heterocycles. The number of benzene rings is 1. The third-order valence-electron chi connectivity index (χ3n) is 1.98. The molecule has 0 spiro atoms. The minimum atomic E-state index is -0.304. The molecule has 15 heavy (non-hydrogen) atoms. The molecule has 2 N–H and O–H groups in total. The van der Waals surface area contributed by atoms with E-state index in [0.717, 1.165) is 11.2 Å². The maximum absolute atomic E-state index is 11.0. The predicted octanol–water partition coefficient (Wildman–Crippen LogP) is 1.86. The molecule has 0 radical (unpaired) electrons. The summed E-state index contributed by atoms with van der Waals surface area (Å²) in [4.78, 5) is 22.4. The first-order valence-corrected chi connectivity index (χ1v) is 5.56. The van der Waals surface area contributed by atoms with Gasteiger partial charge in [0.2, 0.25) is 5.91 Å². The highest BCUT2D eigenvalue weighted by Crippen LogP contribution is 2.25. The molecule has 1 aromatic rings. The fraction of sp³-hybridized carbons (Fsp3) is 0.273. The van der Waals surface area contributed by atoms with Crippen molar-refractivity contribution in [2.45, 2.75) is 23.5 Å². The van der Waals surface area contributed by atoms with E-state index in [-0.39, 0.29) is 11.2 Å². The lowest BCUT2D eigenvalue weighted by molar-refractivity contribution is -0.117. The van der Waals surface area contributed by atoms with Gasteiger partial charge in [-0.05, 0) is 18.6 Å². The zero-order valence-corrected chi connectivity index (χ0v) is 9.29. The highest BCUT2D eigenvalue weighted by molar-refractivity contribution is 8.00. The van der Waals surface area contributed by atoms with E-state index in [4.69, 9.17) is 5.73 Å². The van der Waals surface area contributed by atoms with Crippen molar-refractivity contribution >= 4 is 24.0 Å². The van der Waals surface area contributed by atoms with Crippen molar-refractivity contribution < 1.29 is 9.59 Å². The molecule has 1 rings (SSSR count). The van der Waals surface area contributed by atoms with E-state index in [9.17, 15) is 9.59 Å². The number of hydrogen-bond acceptors (Lipinski definition) is 3. The smallest absolute Gasteiger partial charge is 0.230 e. The summed E-state index contributed by atoms with van der Waals surface area (Å²) in [5.41, 5.74) is 5.87. The maximum Gasteiger partial charge on any atom is 0.230 e. The summed E-state index contributed by atoms with van der Waals surface area (Å²) in [6, 6.07) is 7.09. The van der Waals surface area contributed by atoms with Crippen LogP contribution >= 0.6 is 11.8 Å². The number of rotatable bonds is 5. The lowest BCUT2D eigenvalue weighted by atomic mass is 10.2. The Labute approximate surface area is 93.0 Å². The minimum absolute atomic E-state index is 0.202. The third kappa shape index (κ3) is 3.40. The van der Waals surface area contributed by atoms with Gasteiger partial charge < -0.3 is 5.73 Å². The number of carbonyl (C=O) groups excluding carboxylic acids is 2. The van der Waals surface area contributed by atoms with Crippen LogP contribution in [0.4, 0.5) is 0 Å². The first-order chi connectivity index (χ1) is 7.17. The second-order valence-corrected chi connectivity index (χ2v) is 4.38. The molecular weight excluding hydrogens is 210 g/mol. The quantitative estimate of drug-likeness (QED) is 0.612. The average molecular weight is 223 g/mol. The van der Waals surface area contributed by atoms with Gasteiger partial charge in [-0.25, -0.2) is 0 Å². The van der Waals surface area contributed by atoms with E-state index in [2.05, 4.69) is 0 Å². The highest BCUT2D eigenvalue weighted by atomic mass is 32.2. The molecule has 1 atom stereocenters. The number of thioether (sulfide) groups is 1. The SMILES string of the molecule is CCC(Sc1ccc(C=O)cc1)C(N)=O. The van der Waals surface area contributed by atoms with Gasteiger partial charge in [0.15, 0.2) is 0 Å². The van der Waals surface area contributed by atoms with E-state index in [0.29, 0.717) is 12.0 Å². The Kier molecular flexibility index (Phi) is 4.37. The molecule has 0 saturated heterocycles. The van der Waals surface area contributed by atoms with Gasteiger partial charge in [-0.2, -0.15) is 0 Å². The van der Waals surface area contributed by atoms with E-state index in [1.165, 1.54) is 11.8 Å². The molecule has 0 saturated carbocycles. The molecule has 0 bridgehead atoms. The Hall–Kier alpha value is -1.29. The van der Waals surface area contributed by atoms with Gasteiger partial charge in [-0.3, -0.25) is 9.59 Å². The highest BCUT2D eigenvalue weighted by Gasteiger charge is 2.13. The van der Waals surface area contributed by atoms with Crippen molar-refractivity contribution in [2.24, 2.45) is 5.73 Å². The molecule has 1 unspecified atom stereocenters. The number of amides is 1. The summed E-state index contributed by atoms with van der Waals surface area (Å²) in [5.74, 6) is -0.304. The van der Waals surface area contributed by atoms with Crippen LogP contribution in [0.25, 0.3) is 0 Å². The Morgan fingerprint density at radius 1 is 1.47 bits per heavy atom. The van der Waals surface area contributed by atoms with Gasteiger partial charge in [0.1, 0.15) is 6.29 Å². The number of nitrogens with two attached hydrogens (primary N) is 1. The van der Waals surface area contributed by atoms with Gasteiger partial charge in [0, 0.05) is 10.5 Å². The van der Waals surface area contributed by atoms with Crippen LogP contribution in [-0.4, -0.2) is 17.4 Å². The second kappa shape index (κ2) is 5.56. The monoisotopic (exact) mass is 223 g/mol. The first-order valence-electron chi connectivity index (χ1n) is 4.68. The summed E-state index contributed by atoms with van der Waals surface area (Å²) in [5, 5.41) is -0.202. The zero-order valence-electron chi connectivity index (χ0n) is 8.47. The van der Waals surface area contributed by atoms with Crippen LogP contribution in [0.3, 0.4) is 0 Å². The number of primary amides is 1. The predicted molar refractivity (Wildman–Crippen MR) is 61.0 cm³/mol. The number of carbonyl (C=O) groups is 2. The van der Waals surface area contributed by atoms with E-state index in [1.807, 2.05) is 19.1 Å². The molecule has 0 aliphatic heterocycles. The third-order valence-corrected chi connectivity index (χ3v) is 3.38. The van der Waals surface area contributed by atoms with Gasteiger partial charge in [-0.1, -0.05) is 19.1 Å². The summed E-state index contributed by atoms with van der Waals surface area (Å²) in [6.07, 6.45) is 1.50. The Balaban J connectivity index is 2.71. The molecule has 80 valence electrons. The Morgan fingerprint density at radius 3 is 2.47 bits per heavy atom. The van der Waals surface area contributed by atoms with Gasteiger partial charge in [0.05, 0.1) is 5.25 Å². The van der Waals surface area contributed by atoms with Crippen molar-refractivity contribution in [3.63, 3.8) is 0 Å². The number of hydrogen-bond donors (Lipinski definition) is 1.